The molecule has 0 unspecified atom stereocenters. The Morgan fingerprint density at radius 1 is 1.25 bits per heavy atom. The van der Waals surface area contributed by atoms with Crippen LogP contribution < -0.4 is 0 Å². The first-order valence-corrected chi connectivity index (χ1v) is 5.67. The third kappa shape index (κ3) is 2.51. The van der Waals surface area contributed by atoms with Gasteiger partial charge in [0.1, 0.15) is 0 Å². The summed E-state index contributed by atoms with van der Waals surface area (Å²) in [5, 5.41) is 0. The van der Waals surface area contributed by atoms with Crippen molar-refractivity contribution in [1.29, 1.82) is 0 Å². The average Bonchev–Trinajstić information content (AvgIpc) is 2.35. The Kier molecular flexibility index (Phi) is 3.40. The van der Waals surface area contributed by atoms with Gasteiger partial charge in [-0.15, -0.1) is 0 Å². The highest BCUT2D eigenvalue weighted by atomic mass is 16.5. The smallest absolute Gasteiger partial charge is 0.330 e. The fourth-order valence-corrected chi connectivity index (χ4v) is 2.09. The van der Waals surface area contributed by atoms with E-state index in [1.807, 2.05) is 0 Å². The molecule has 16 heavy (non-hydrogen) atoms. The molecule has 1 aliphatic rings. The van der Waals surface area contributed by atoms with E-state index in [1.54, 1.807) is 6.08 Å². The molecule has 0 bridgehead atoms. The van der Waals surface area contributed by atoms with E-state index < -0.39 is 0 Å². The molecule has 0 atom stereocenters. The molecule has 2 rings (SSSR count). The third-order valence-electron chi connectivity index (χ3n) is 2.99. The van der Waals surface area contributed by atoms with Crippen LogP contribution in [0.5, 0.6) is 0 Å². The van der Waals surface area contributed by atoms with Gasteiger partial charge in [0, 0.05) is 6.08 Å². The number of hydrogen-bond donors (Lipinski definition) is 0. The van der Waals surface area contributed by atoms with E-state index in [4.69, 9.17) is 0 Å². The van der Waals surface area contributed by atoms with Gasteiger partial charge in [0.05, 0.1) is 7.11 Å². The Morgan fingerprint density at radius 3 is 2.75 bits per heavy atom. The van der Waals surface area contributed by atoms with Gasteiger partial charge < -0.3 is 4.74 Å². The number of carbonyl (C=O) groups excluding carboxylic acids is 1. The Bertz CT molecular complexity index is 419. The van der Waals surface area contributed by atoms with Crippen LogP contribution in [-0.4, -0.2) is 13.1 Å². The van der Waals surface area contributed by atoms with Gasteiger partial charge in [-0.3, -0.25) is 0 Å². The summed E-state index contributed by atoms with van der Waals surface area (Å²) in [6.07, 6.45) is 8.19. The minimum Gasteiger partial charge on any atom is -0.466 e. The minimum atomic E-state index is -0.308. The summed E-state index contributed by atoms with van der Waals surface area (Å²) in [5.41, 5.74) is 3.96. The van der Waals surface area contributed by atoms with E-state index in [0.29, 0.717) is 0 Å². The molecule has 0 radical (unpaired) electrons. The second-order valence-corrected chi connectivity index (χ2v) is 4.09. The summed E-state index contributed by atoms with van der Waals surface area (Å²) < 4.78 is 4.56. The Hall–Kier alpha value is -1.57. The first-order chi connectivity index (χ1) is 7.79. The fraction of sp³-hybridized carbons (Fsp3) is 0.357. The maximum Gasteiger partial charge on any atom is 0.330 e. The van der Waals surface area contributed by atoms with Crippen molar-refractivity contribution in [2.75, 3.05) is 7.11 Å². The molecule has 0 aromatic heterocycles. The highest BCUT2D eigenvalue weighted by Crippen LogP contribution is 2.22. The van der Waals surface area contributed by atoms with Crippen molar-refractivity contribution in [2.45, 2.75) is 25.7 Å². The molecule has 1 aromatic rings. The first-order valence-electron chi connectivity index (χ1n) is 5.67. The second-order valence-electron chi connectivity index (χ2n) is 4.09. The molecule has 0 fully saturated rings. The van der Waals surface area contributed by atoms with Crippen molar-refractivity contribution < 1.29 is 9.53 Å². The number of fused-ring (bicyclic) bond motifs is 1. The molecular weight excluding hydrogens is 200 g/mol. The monoisotopic (exact) mass is 216 g/mol. The van der Waals surface area contributed by atoms with Gasteiger partial charge in [-0.25, -0.2) is 4.79 Å². The summed E-state index contributed by atoms with van der Waals surface area (Å²) in [4.78, 5) is 11.0. The van der Waals surface area contributed by atoms with Gasteiger partial charge in [0.15, 0.2) is 0 Å². The lowest BCUT2D eigenvalue weighted by atomic mass is 9.90. The maximum absolute atomic E-state index is 11.0. The highest BCUT2D eigenvalue weighted by Gasteiger charge is 2.08. The van der Waals surface area contributed by atoms with Crippen LogP contribution in [0, 0.1) is 0 Å². The maximum atomic E-state index is 11.0. The second kappa shape index (κ2) is 4.97. The summed E-state index contributed by atoms with van der Waals surface area (Å²) in [5.74, 6) is -0.308. The molecule has 0 N–H and O–H groups in total. The Labute approximate surface area is 95.9 Å². The highest BCUT2D eigenvalue weighted by molar-refractivity contribution is 5.86. The molecule has 84 valence electrons. The number of methoxy groups -OCH3 is 1. The zero-order chi connectivity index (χ0) is 11.4. The topological polar surface area (TPSA) is 26.3 Å². The average molecular weight is 216 g/mol. The van der Waals surface area contributed by atoms with Gasteiger partial charge in [-0.05, 0) is 48.4 Å². The van der Waals surface area contributed by atoms with Gasteiger partial charge in [0.2, 0.25) is 0 Å². The van der Waals surface area contributed by atoms with E-state index in [9.17, 15) is 4.79 Å². The van der Waals surface area contributed by atoms with E-state index in [0.717, 1.165) is 12.0 Å². The molecule has 0 saturated carbocycles. The van der Waals surface area contributed by atoms with E-state index in [1.165, 1.54) is 43.6 Å². The van der Waals surface area contributed by atoms with E-state index in [-0.39, 0.29) is 5.97 Å². The quantitative estimate of drug-likeness (QED) is 0.561. The number of esters is 1. The molecule has 0 saturated heterocycles. The van der Waals surface area contributed by atoms with Crippen molar-refractivity contribution >= 4 is 12.0 Å². The molecule has 2 nitrogen and oxygen atoms in total. The van der Waals surface area contributed by atoms with Crippen LogP contribution in [0.25, 0.3) is 6.08 Å². The van der Waals surface area contributed by atoms with Crippen LogP contribution in [0.1, 0.15) is 29.5 Å². The Morgan fingerprint density at radius 2 is 2.00 bits per heavy atom. The largest absolute Gasteiger partial charge is 0.466 e. The van der Waals surface area contributed by atoms with Crippen molar-refractivity contribution in [3.8, 4) is 0 Å². The first kappa shape index (κ1) is 10.9. The van der Waals surface area contributed by atoms with Crippen molar-refractivity contribution in [2.24, 2.45) is 0 Å². The molecular formula is C14H16O2. The van der Waals surface area contributed by atoms with Crippen LogP contribution in [0.4, 0.5) is 0 Å². The predicted molar refractivity (Wildman–Crippen MR) is 64.1 cm³/mol. The molecule has 1 aliphatic carbocycles. The molecule has 0 spiro atoms. The van der Waals surface area contributed by atoms with Crippen LogP contribution in [0.2, 0.25) is 0 Å². The SMILES string of the molecule is COC(=O)/C=C/c1ccc2c(c1)CCCC2. The summed E-state index contributed by atoms with van der Waals surface area (Å²) in [7, 11) is 1.39. The van der Waals surface area contributed by atoms with Gasteiger partial charge in [0.25, 0.3) is 0 Å². The zero-order valence-electron chi connectivity index (χ0n) is 9.53. The third-order valence-corrected chi connectivity index (χ3v) is 2.99. The van der Waals surface area contributed by atoms with Gasteiger partial charge in [-0.2, -0.15) is 0 Å². The Balaban J connectivity index is 2.17. The van der Waals surface area contributed by atoms with Crippen LogP contribution in [0.15, 0.2) is 24.3 Å². The van der Waals surface area contributed by atoms with Crippen LogP contribution in [-0.2, 0) is 22.4 Å². The van der Waals surface area contributed by atoms with Gasteiger partial charge in [-0.1, -0.05) is 18.2 Å². The number of hydrogen-bond acceptors (Lipinski definition) is 2. The standard InChI is InChI=1S/C14H16O2/c1-16-14(15)9-7-11-6-8-12-4-2-3-5-13(12)10-11/h6-10H,2-5H2,1H3/b9-7+. The number of aryl methyl sites for hydroxylation is 2. The van der Waals surface area contributed by atoms with Crippen LogP contribution in [0.3, 0.4) is 0 Å². The summed E-state index contributed by atoms with van der Waals surface area (Å²) in [6.45, 7) is 0. The fourth-order valence-electron chi connectivity index (χ4n) is 2.09. The molecule has 0 amide bonds. The molecule has 1 aromatic carbocycles. The molecule has 0 heterocycles. The lowest BCUT2D eigenvalue weighted by Gasteiger charge is -2.15. The predicted octanol–water partition coefficient (Wildman–Crippen LogP) is 2.75. The number of benzene rings is 1. The minimum absolute atomic E-state index is 0.308. The normalized spacial score (nSPS) is 14.8. The van der Waals surface area contributed by atoms with Crippen molar-refractivity contribution in [3.05, 3.63) is 41.0 Å². The summed E-state index contributed by atoms with van der Waals surface area (Å²) >= 11 is 0. The van der Waals surface area contributed by atoms with Crippen LogP contribution >= 0.6 is 0 Å². The van der Waals surface area contributed by atoms with E-state index >= 15 is 0 Å². The van der Waals surface area contributed by atoms with E-state index in [2.05, 4.69) is 22.9 Å². The van der Waals surface area contributed by atoms with Crippen molar-refractivity contribution in [1.82, 2.24) is 0 Å². The lowest BCUT2D eigenvalue weighted by molar-refractivity contribution is -0.134. The number of ether oxygens (including phenoxy) is 1. The summed E-state index contributed by atoms with van der Waals surface area (Å²) in [6, 6.07) is 6.41. The number of carbonyl (C=O) groups is 1. The zero-order valence-corrected chi connectivity index (χ0v) is 9.53. The van der Waals surface area contributed by atoms with Crippen molar-refractivity contribution in [3.63, 3.8) is 0 Å². The molecule has 2 heteroatoms. The number of rotatable bonds is 2. The molecule has 0 aliphatic heterocycles. The lowest BCUT2D eigenvalue weighted by Crippen LogP contribution is -2.02. The van der Waals surface area contributed by atoms with Gasteiger partial charge >= 0.3 is 5.97 Å².